The standard InChI is InChI=1S/C24H32N4O4/c1-3-26-24(27-13-18-5-4-6-20(12-18)31-16-23(25)29)28-14-19-8-7-17(2)11-22(19)32-21-9-10-30-15-21/h4-8,11-12,21H,3,9-10,13-16H2,1-2H3,(H2,25,29)(H2,26,27,28). The van der Waals surface area contributed by atoms with E-state index in [1.165, 1.54) is 0 Å². The van der Waals surface area contributed by atoms with Gasteiger partial charge in [-0.15, -0.1) is 0 Å². The highest BCUT2D eigenvalue weighted by molar-refractivity contribution is 5.79. The summed E-state index contributed by atoms with van der Waals surface area (Å²) in [5.74, 6) is 1.66. The number of amides is 1. The lowest BCUT2D eigenvalue weighted by Gasteiger charge is -2.18. The van der Waals surface area contributed by atoms with Crippen molar-refractivity contribution in [3.05, 3.63) is 59.2 Å². The first kappa shape index (κ1) is 23.4. The fourth-order valence-corrected chi connectivity index (χ4v) is 3.28. The van der Waals surface area contributed by atoms with E-state index in [9.17, 15) is 4.79 Å². The van der Waals surface area contributed by atoms with Gasteiger partial charge in [0.15, 0.2) is 12.6 Å². The summed E-state index contributed by atoms with van der Waals surface area (Å²) in [6.07, 6.45) is 1.01. The van der Waals surface area contributed by atoms with Crippen molar-refractivity contribution < 1.29 is 19.0 Å². The van der Waals surface area contributed by atoms with E-state index in [1.54, 1.807) is 6.07 Å². The van der Waals surface area contributed by atoms with E-state index in [1.807, 2.05) is 25.1 Å². The molecule has 8 heteroatoms. The van der Waals surface area contributed by atoms with Crippen LogP contribution < -0.4 is 25.8 Å². The number of guanidine groups is 1. The lowest BCUT2D eigenvalue weighted by Crippen LogP contribution is -2.37. The van der Waals surface area contributed by atoms with Gasteiger partial charge in [0.25, 0.3) is 5.91 Å². The Kier molecular flexibility index (Phi) is 8.74. The Morgan fingerprint density at radius 2 is 2.12 bits per heavy atom. The zero-order valence-corrected chi connectivity index (χ0v) is 18.7. The zero-order chi connectivity index (χ0) is 22.8. The number of nitrogens with two attached hydrogens (primary N) is 1. The third-order valence-corrected chi connectivity index (χ3v) is 4.89. The number of nitrogens with one attached hydrogen (secondary N) is 2. The number of carbonyl (C=O) groups is 1. The van der Waals surface area contributed by atoms with Crippen molar-refractivity contribution in [2.75, 3.05) is 26.4 Å². The molecule has 1 aliphatic rings. The highest BCUT2D eigenvalue weighted by Crippen LogP contribution is 2.24. The zero-order valence-electron chi connectivity index (χ0n) is 18.7. The molecule has 0 spiro atoms. The number of nitrogens with zero attached hydrogens (tertiary/aromatic N) is 1. The van der Waals surface area contributed by atoms with Gasteiger partial charge in [0.05, 0.1) is 19.8 Å². The molecular weight excluding hydrogens is 408 g/mol. The second kappa shape index (κ2) is 12.0. The Labute approximate surface area is 189 Å². The quantitative estimate of drug-likeness (QED) is 0.387. The SMILES string of the molecule is CCNC(=NCc1cccc(OCC(N)=O)c1)NCc1ccc(C)cc1OC1CCOC1. The van der Waals surface area contributed by atoms with Crippen LogP contribution in [0.1, 0.15) is 30.0 Å². The van der Waals surface area contributed by atoms with E-state index in [0.29, 0.717) is 31.4 Å². The number of aryl methyl sites for hydroxylation is 1. The van der Waals surface area contributed by atoms with Crippen LogP contribution in [0.25, 0.3) is 0 Å². The van der Waals surface area contributed by atoms with Gasteiger partial charge >= 0.3 is 0 Å². The van der Waals surface area contributed by atoms with Gasteiger partial charge < -0.3 is 30.6 Å². The first-order valence-electron chi connectivity index (χ1n) is 10.9. The molecule has 1 saturated heterocycles. The van der Waals surface area contributed by atoms with Crippen molar-refractivity contribution in [2.45, 2.75) is 39.5 Å². The summed E-state index contributed by atoms with van der Waals surface area (Å²) in [6, 6.07) is 13.7. The van der Waals surface area contributed by atoms with Crippen molar-refractivity contribution in [3.63, 3.8) is 0 Å². The monoisotopic (exact) mass is 440 g/mol. The van der Waals surface area contributed by atoms with Gasteiger partial charge in [-0.1, -0.05) is 24.3 Å². The van der Waals surface area contributed by atoms with Gasteiger partial charge in [-0.25, -0.2) is 4.99 Å². The number of benzene rings is 2. The van der Waals surface area contributed by atoms with E-state index >= 15 is 0 Å². The number of hydrogen-bond donors (Lipinski definition) is 3. The predicted octanol–water partition coefficient (Wildman–Crippen LogP) is 2.28. The van der Waals surface area contributed by atoms with E-state index in [-0.39, 0.29) is 12.7 Å². The Morgan fingerprint density at radius 1 is 1.25 bits per heavy atom. The lowest BCUT2D eigenvalue weighted by atomic mass is 10.1. The molecule has 3 rings (SSSR count). The third kappa shape index (κ3) is 7.46. The molecular formula is C24H32N4O4. The molecule has 2 aromatic carbocycles. The number of hydrogen-bond acceptors (Lipinski definition) is 5. The maximum Gasteiger partial charge on any atom is 0.255 e. The number of ether oxygens (including phenoxy) is 3. The molecule has 0 bridgehead atoms. The molecule has 1 unspecified atom stereocenters. The molecule has 1 aliphatic heterocycles. The van der Waals surface area contributed by atoms with Crippen LogP contribution in [0.3, 0.4) is 0 Å². The molecule has 1 fully saturated rings. The maximum absolute atomic E-state index is 10.9. The van der Waals surface area contributed by atoms with E-state index in [0.717, 1.165) is 42.0 Å². The first-order valence-corrected chi connectivity index (χ1v) is 10.9. The van der Waals surface area contributed by atoms with Crippen molar-refractivity contribution >= 4 is 11.9 Å². The minimum absolute atomic E-state index is 0.0986. The van der Waals surface area contributed by atoms with Crippen molar-refractivity contribution in [1.82, 2.24) is 10.6 Å². The first-order chi connectivity index (χ1) is 15.5. The minimum atomic E-state index is -0.507. The fraction of sp³-hybridized carbons (Fsp3) is 0.417. The molecule has 0 radical (unpaired) electrons. The highest BCUT2D eigenvalue weighted by atomic mass is 16.5. The maximum atomic E-state index is 10.9. The summed E-state index contributed by atoms with van der Waals surface area (Å²) in [5.41, 5.74) is 8.32. The summed E-state index contributed by atoms with van der Waals surface area (Å²) in [4.78, 5) is 15.6. The molecule has 2 aromatic rings. The molecule has 1 amide bonds. The molecule has 172 valence electrons. The van der Waals surface area contributed by atoms with Gasteiger partial charge in [-0.3, -0.25) is 4.79 Å². The second-order valence-electron chi connectivity index (χ2n) is 7.67. The topological polar surface area (TPSA) is 107 Å². The number of primary amides is 1. The largest absolute Gasteiger partial charge is 0.488 e. The fourth-order valence-electron chi connectivity index (χ4n) is 3.28. The Bertz CT molecular complexity index is 926. The van der Waals surface area contributed by atoms with E-state index in [4.69, 9.17) is 19.9 Å². The third-order valence-electron chi connectivity index (χ3n) is 4.89. The van der Waals surface area contributed by atoms with Gasteiger partial charge in [0.2, 0.25) is 0 Å². The van der Waals surface area contributed by atoms with Crippen LogP contribution in [0, 0.1) is 6.92 Å². The normalized spacial score (nSPS) is 15.9. The van der Waals surface area contributed by atoms with Crippen LogP contribution in [0.5, 0.6) is 11.5 Å². The second-order valence-corrected chi connectivity index (χ2v) is 7.67. The van der Waals surface area contributed by atoms with Gasteiger partial charge in [0.1, 0.15) is 17.6 Å². The van der Waals surface area contributed by atoms with Gasteiger partial charge in [0, 0.05) is 25.1 Å². The molecule has 0 aromatic heterocycles. The Morgan fingerprint density at radius 3 is 2.88 bits per heavy atom. The van der Waals surface area contributed by atoms with Crippen LogP contribution in [0.2, 0.25) is 0 Å². The number of aliphatic imine (C=N–C) groups is 1. The average molecular weight is 441 g/mol. The summed E-state index contributed by atoms with van der Waals surface area (Å²) >= 11 is 0. The molecule has 0 aliphatic carbocycles. The smallest absolute Gasteiger partial charge is 0.255 e. The van der Waals surface area contributed by atoms with E-state index in [2.05, 4.69) is 40.7 Å². The van der Waals surface area contributed by atoms with Crippen LogP contribution in [0.15, 0.2) is 47.5 Å². The summed E-state index contributed by atoms with van der Waals surface area (Å²) in [6.45, 7) is 7.09. The average Bonchev–Trinajstić information content (AvgIpc) is 3.29. The Balaban J connectivity index is 1.63. The molecule has 4 N–H and O–H groups in total. The summed E-state index contributed by atoms with van der Waals surface area (Å²) < 4.78 is 17.0. The molecule has 32 heavy (non-hydrogen) atoms. The van der Waals surface area contributed by atoms with Crippen LogP contribution in [0.4, 0.5) is 0 Å². The van der Waals surface area contributed by atoms with Crippen LogP contribution in [-0.2, 0) is 22.6 Å². The van der Waals surface area contributed by atoms with Crippen molar-refractivity contribution in [2.24, 2.45) is 10.7 Å². The highest BCUT2D eigenvalue weighted by Gasteiger charge is 2.18. The Hall–Kier alpha value is -3.26. The minimum Gasteiger partial charge on any atom is -0.488 e. The molecule has 0 saturated carbocycles. The summed E-state index contributed by atoms with van der Waals surface area (Å²) in [7, 11) is 0. The molecule has 1 atom stereocenters. The molecule has 8 nitrogen and oxygen atoms in total. The predicted molar refractivity (Wildman–Crippen MR) is 124 cm³/mol. The number of carbonyl (C=O) groups excluding carboxylic acids is 1. The van der Waals surface area contributed by atoms with Crippen molar-refractivity contribution in [1.29, 1.82) is 0 Å². The summed E-state index contributed by atoms with van der Waals surface area (Å²) in [5, 5.41) is 6.65. The lowest BCUT2D eigenvalue weighted by molar-refractivity contribution is -0.119. The molecule has 1 heterocycles. The van der Waals surface area contributed by atoms with Gasteiger partial charge in [-0.2, -0.15) is 0 Å². The number of rotatable bonds is 10. The van der Waals surface area contributed by atoms with Crippen LogP contribution >= 0.6 is 0 Å². The van der Waals surface area contributed by atoms with Crippen LogP contribution in [-0.4, -0.2) is 44.3 Å². The van der Waals surface area contributed by atoms with Gasteiger partial charge in [-0.05, 0) is 43.2 Å². The van der Waals surface area contributed by atoms with Crippen molar-refractivity contribution in [3.8, 4) is 11.5 Å². The van der Waals surface area contributed by atoms with E-state index < -0.39 is 5.91 Å².